The van der Waals surface area contributed by atoms with Gasteiger partial charge in [-0.05, 0) is 24.3 Å². The molecule has 0 fully saturated rings. The van der Waals surface area contributed by atoms with E-state index in [1.54, 1.807) is 6.07 Å². The van der Waals surface area contributed by atoms with Gasteiger partial charge in [-0.15, -0.1) is 0 Å². The molecule has 0 amide bonds. The summed E-state index contributed by atoms with van der Waals surface area (Å²) >= 11 is 0. The Morgan fingerprint density at radius 2 is 2.00 bits per heavy atom. The van der Waals surface area contributed by atoms with Gasteiger partial charge < -0.3 is 11.1 Å². The second-order valence-corrected chi connectivity index (χ2v) is 2.54. The predicted octanol–water partition coefficient (Wildman–Crippen LogP) is 1.21. The largest absolute Gasteiger partial charge is 0.384 e. The van der Waals surface area contributed by atoms with Gasteiger partial charge in [0.15, 0.2) is 0 Å². The van der Waals surface area contributed by atoms with Crippen LogP contribution in [0.15, 0.2) is 24.5 Å². The van der Waals surface area contributed by atoms with Crippen LogP contribution in [0.1, 0.15) is 11.3 Å². The first-order chi connectivity index (χ1) is 5.86. The van der Waals surface area contributed by atoms with E-state index in [-0.39, 0.29) is 0 Å². The highest BCUT2D eigenvalue weighted by molar-refractivity contribution is 5.65. The Labute approximate surface area is 70.6 Å². The number of rotatable bonds is 0. The molecular weight excluding hydrogens is 150 g/mol. The molecule has 0 atom stereocenters. The first-order valence-corrected chi connectivity index (χ1v) is 3.72. The summed E-state index contributed by atoms with van der Waals surface area (Å²) < 4.78 is 0. The SMILES string of the molecule is Nc1ccc2c(n1)C=CNC=C2. The van der Waals surface area contributed by atoms with Crippen LogP contribution in [-0.4, -0.2) is 4.98 Å². The van der Waals surface area contributed by atoms with Crippen molar-refractivity contribution < 1.29 is 0 Å². The lowest BCUT2D eigenvalue weighted by atomic mass is 10.2. The number of hydrogen-bond donors (Lipinski definition) is 2. The van der Waals surface area contributed by atoms with Crippen LogP contribution in [0.3, 0.4) is 0 Å². The Morgan fingerprint density at radius 3 is 2.92 bits per heavy atom. The number of nitrogens with zero attached hydrogens (tertiary/aromatic N) is 1. The lowest BCUT2D eigenvalue weighted by Crippen LogP contribution is -1.93. The summed E-state index contributed by atoms with van der Waals surface area (Å²) in [7, 11) is 0. The molecule has 3 nitrogen and oxygen atoms in total. The predicted molar refractivity (Wildman–Crippen MR) is 49.9 cm³/mol. The number of pyridine rings is 1. The average Bonchev–Trinajstić information content (AvgIpc) is 2.28. The van der Waals surface area contributed by atoms with Crippen LogP contribution in [0, 0.1) is 0 Å². The second kappa shape index (κ2) is 2.70. The van der Waals surface area contributed by atoms with E-state index in [0.717, 1.165) is 11.3 Å². The molecule has 60 valence electrons. The zero-order valence-corrected chi connectivity index (χ0v) is 6.49. The Morgan fingerprint density at radius 1 is 1.17 bits per heavy atom. The minimum Gasteiger partial charge on any atom is -0.384 e. The van der Waals surface area contributed by atoms with E-state index in [1.807, 2.05) is 30.6 Å². The quantitative estimate of drug-likeness (QED) is 0.598. The lowest BCUT2D eigenvalue weighted by Gasteiger charge is -1.98. The number of anilines is 1. The zero-order valence-electron chi connectivity index (χ0n) is 6.49. The third-order valence-corrected chi connectivity index (χ3v) is 1.68. The van der Waals surface area contributed by atoms with Gasteiger partial charge in [-0.25, -0.2) is 4.98 Å². The molecule has 3 heteroatoms. The first kappa shape index (κ1) is 6.91. The number of hydrogen-bond acceptors (Lipinski definition) is 3. The van der Waals surface area contributed by atoms with Crippen LogP contribution < -0.4 is 11.1 Å². The molecule has 2 rings (SSSR count). The molecule has 1 aromatic heterocycles. The van der Waals surface area contributed by atoms with Crippen LogP contribution in [0.4, 0.5) is 5.82 Å². The Bertz CT molecular complexity index is 353. The molecule has 1 aliphatic rings. The fourth-order valence-corrected chi connectivity index (χ4v) is 1.10. The highest BCUT2D eigenvalue weighted by Crippen LogP contribution is 2.13. The normalized spacial score (nSPS) is 13.3. The van der Waals surface area contributed by atoms with Crippen molar-refractivity contribution in [1.82, 2.24) is 10.3 Å². The molecule has 0 bridgehead atoms. The molecule has 3 N–H and O–H groups in total. The van der Waals surface area contributed by atoms with Gasteiger partial charge in [0.2, 0.25) is 0 Å². The van der Waals surface area contributed by atoms with Crippen LogP contribution in [0.25, 0.3) is 12.2 Å². The summed E-state index contributed by atoms with van der Waals surface area (Å²) in [4.78, 5) is 4.17. The molecule has 0 aliphatic carbocycles. The molecule has 0 spiro atoms. The summed E-state index contributed by atoms with van der Waals surface area (Å²) in [5, 5.41) is 2.97. The number of nitrogen functional groups attached to an aromatic ring is 1. The van der Waals surface area contributed by atoms with Gasteiger partial charge in [0.25, 0.3) is 0 Å². The van der Waals surface area contributed by atoms with Crippen molar-refractivity contribution in [3.05, 3.63) is 35.8 Å². The van der Waals surface area contributed by atoms with Gasteiger partial charge >= 0.3 is 0 Å². The maximum absolute atomic E-state index is 5.54. The molecule has 1 aliphatic heterocycles. The summed E-state index contributed by atoms with van der Waals surface area (Å²) in [6, 6.07) is 3.74. The smallest absolute Gasteiger partial charge is 0.124 e. The highest BCUT2D eigenvalue weighted by Gasteiger charge is 1.99. The standard InChI is InChI=1S/C9H9N3/c10-9-2-1-7-3-5-11-6-4-8(7)12-9/h1-6,11H,(H2,10,12). The van der Waals surface area contributed by atoms with Crippen molar-refractivity contribution in [2.45, 2.75) is 0 Å². The van der Waals surface area contributed by atoms with Gasteiger partial charge in [-0.3, -0.25) is 0 Å². The van der Waals surface area contributed by atoms with E-state index in [2.05, 4.69) is 10.3 Å². The lowest BCUT2D eigenvalue weighted by molar-refractivity contribution is 1.22. The van der Waals surface area contributed by atoms with Crippen LogP contribution in [0.2, 0.25) is 0 Å². The maximum atomic E-state index is 5.54. The number of nitrogens with two attached hydrogens (primary N) is 1. The van der Waals surface area contributed by atoms with Crippen LogP contribution in [0.5, 0.6) is 0 Å². The fourth-order valence-electron chi connectivity index (χ4n) is 1.10. The second-order valence-electron chi connectivity index (χ2n) is 2.54. The molecular formula is C9H9N3. The molecule has 12 heavy (non-hydrogen) atoms. The third-order valence-electron chi connectivity index (χ3n) is 1.68. The van der Waals surface area contributed by atoms with Gasteiger partial charge in [0, 0.05) is 18.0 Å². The zero-order chi connectivity index (χ0) is 8.39. The van der Waals surface area contributed by atoms with Gasteiger partial charge in [0.05, 0.1) is 5.69 Å². The summed E-state index contributed by atoms with van der Waals surface area (Å²) in [6.45, 7) is 0. The number of aromatic nitrogens is 1. The van der Waals surface area contributed by atoms with Crippen molar-refractivity contribution >= 4 is 18.0 Å². The van der Waals surface area contributed by atoms with Crippen molar-refractivity contribution in [2.75, 3.05) is 5.73 Å². The van der Waals surface area contributed by atoms with Gasteiger partial charge in [0.1, 0.15) is 5.82 Å². The van der Waals surface area contributed by atoms with Crippen molar-refractivity contribution in [3.63, 3.8) is 0 Å². The van der Waals surface area contributed by atoms with Crippen LogP contribution >= 0.6 is 0 Å². The highest BCUT2D eigenvalue weighted by atomic mass is 14.9. The topological polar surface area (TPSA) is 50.9 Å². The van der Waals surface area contributed by atoms with Crippen LogP contribution in [-0.2, 0) is 0 Å². The Kier molecular flexibility index (Phi) is 1.55. The summed E-state index contributed by atoms with van der Waals surface area (Å²) in [5.41, 5.74) is 7.52. The average molecular weight is 159 g/mol. The van der Waals surface area contributed by atoms with E-state index in [0.29, 0.717) is 5.82 Å². The van der Waals surface area contributed by atoms with Gasteiger partial charge in [-0.1, -0.05) is 0 Å². The Balaban J connectivity index is 2.58. The van der Waals surface area contributed by atoms with Gasteiger partial charge in [-0.2, -0.15) is 0 Å². The number of nitrogens with one attached hydrogen (secondary N) is 1. The fraction of sp³-hybridized carbons (Fsp3) is 0. The van der Waals surface area contributed by atoms with E-state index in [1.165, 1.54) is 0 Å². The number of fused-ring (bicyclic) bond motifs is 1. The minimum absolute atomic E-state index is 0.550. The van der Waals surface area contributed by atoms with Crippen molar-refractivity contribution in [2.24, 2.45) is 0 Å². The molecule has 1 aromatic rings. The van der Waals surface area contributed by atoms with E-state index in [4.69, 9.17) is 5.73 Å². The summed E-state index contributed by atoms with van der Waals surface area (Å²) in [5.74, 6) is 0.550. The van der Waals surface area contributed by atoms with E-state index >= 15 is 0 Å². The molecule has 2 heterocycles. The summed E-state index contributed by atoms with van der Waals surface area (Å²) in [6.07, 6.45) is 7.54. The molecule has 0 aromatic carbocycles. The third kappa shape index (κ3) is 1.16. The molecule has 0 saturated carbocycles. The molecule has 0 saturated heterocycles. The Hall–Kier alpha value is -1.77. The molecule has 0 unspecified atom stereocenters. The van der Waals surface area contributed by atoms with Crippen molar-refractivity contribution in [3.8, 4) is 0 Å². The van der Waals surface area contributed by atoms with E-state index < -0.39 is 0 Å². The minimum atomic E-state index is 0.550. The maximum Gasteiger partial charge on any atom is 0.124 e. The van der Waals surface area contributed by atoms with Crippen molar-refractivity contribution in [1.29, 1.82) is 0 Å². The van der Waals surface area contributed by atoms with E-state index in [9.17, 15) is 0 Å². The first-order valence-electron chi connectivity index (χ1n) is 3.72. The monoisotopic (exact) mass is 159 g/mol. The molecule has 0 radical (unpaired) electrons.